The Hall–Kier alpha value is -1.75. The molecule has 1 aromatic carbocycles. The number of para-hydroxylation sites is 2. The number of benzene rings is 1. The van der Waals surface area contributed by atoms with Crippen LogP contribution in [-0.4, -0.2) is 49.2 Å². The zero-order valence-electron chi connectivity index (χ0n) is 17.6. The monoisotopic (exact) mass is 398 g/mol. The Morgan fingerprint density at radius 1 is 1.03 bits per heavy atom. The van der Waals surface area contributed by atoms with Crippen LogP contribution in [0.3, 0.4) is 0 Å². The number of piperidine rings is 1. The highest BCUT2D eigenvalue weighted by Gasteiger charge is 2.51. The van der Waals surface area contributed by atoms with Crippen molar-refractivity contribution >= 4 is 5.91 Å². The third-order valence-electron chi connectivity index (χ3n) is 7.71. The molecule has 5 nitrogen and oxygen atoms in total. The maximum atomic E-state index is 12.9. The Morgan fingerprint density at radius 2 is 1.62 bits per heavy atom. The molecule has 5 aliphatic rings. The summed E-state index contributed by atoms with van der Waals surface area (Å²) in [7, 11) is 1.67. The van der Waals surface area contributed by atoms with Crippen LogP contribution in [0, 0.1) is 17.8 Å². The molecular formula is C24H34N2O3. The number of hydrogen-bond acceptors (Lipinski definition) is 4. The molecule has 158 valence electrons. The van der Waals surface area contributed by atoms with Gasteiger partial charge in [-0.15, -0.1) is 0 Å². The van der Waals surface area contributed by atoms with Gasteiger partial charge in [-0.2, -0.15) is 0 Å². The van der Waals surface area contributed by atoms with E-state index in [0.717, 1.165) is 55.2 Å². The summed E-state index contributed by atoms with van der Waals surface area (Å²) in [5, 5.41) is 3.51. The van der Waals surface area contributed by atoms with Crippen molar-refractivity contribution in [3.05, 3.63) is 24.3 Å². The van der Waals surface area contributed by atoms with Gasteiger partial charge in [0.15, 0.2) is 11.5 Å². The molecular weight excluding hydrogens is 364 g/mol. The number of ether oxygens (including phenoxy) is 2. The minimum absolute atomic E-state index is 0.122. The summed E-state index contributed by atoms with van der Waals surface area (Å²) in [4.78, 5) is 15.1. The average Bonchev–Trinajstić information content (AvgIpc) is 2.68. The summed E-state index contributed by atoms with van der Waals surface area (Å²) >= 11 is 0. The van der Waals surface area contributed by atoms with E-state index >= 15 is 0 Å². The lowest BCUT2D eigenvalue weighted by molar-refractivity contribution is -0.128. The van der Waals surface area contributed by atoms with Gasteiger partial charge in [0.25, 0.3) is 0 Å². The fourth-order valence-corrected chi connectivity index (χ4v) is 6.88. The minimum Gasteiger partial charge on any atom is -0.493 e. The van der Waals surface area contributed by atoms with Crippen LogP contribution >= 0.6 is 0 Å². The Bertz CT molecular complexity index is 706. The highest BCUT2D eigenvalue weighted by atomic mass is 16.5. The van der Waals surface area contributed by atoms with Crippen LogP contribution in [0.2, 0.25) is 0 Å². The van der Waals surface area contributed by atoms with E-state index in [-0.39, 0.29) is 17.6 Å². The van der Waals surface area contributed by atoms with Crippen molar-refractivity contribution in [3.63, 3.8) is 0 Å². The molecule has 0 unspecified atom stereocenters. The summed E-state index contributed by atoms with van der Waals surface area (Å²) in [6, 6.07) is 7.82. The van der Waals surface area contributed by atoms with Crippen molar-refractivity contribution in [2.45, 2.75) is 63.0 Å². The first-order chi connectivity index (χ1) is 14.1. The zero-order chi connectivity index (χ0) is 19.8. The molecule has 4 saturated carbocycles. The van der Waals surface area contributed by atoms with E-state index in [9.17, 15) is 4.79 Å². The molecule has 5 fully saturated rings. The SMILES string of the molecule is COc1ccccc1OC1CCN(CC(=O)NC23CC4CC(CC(C4)C2)C3)CC1. The van der Waals surface area contributed by atoms with Crippen LogP contribution in [0.4, 0.5) is 0 Å². The first kappa shape index (κ1) is 19.2. The van der Waals surface area contributed by atoms with Crippen molar-refractivity contribution < 1.29 is 14.3 Å². The molecule has 29 heavy (non-hydrogen) atoms. The van der Waals surface area contributed by atoms with Crippen molar-refractivity contribution in [2.75, 3.05) is 26.7 Å². The molecule has 4 bridgehead atoms. The Balaban J connectivity index is 1.10. The predicted octanol–water partition coefficient (Wildman–Crippen LogP) is 3.62. The highest BCUT2D eigenvalue weighted by Crippen LogP contribution is 2.55. The molecule has 0 atom stereocenters. The molecule has 1 aliphatic heterocycles. The molecule has 1 N–H and O–H groups in total. The predicted molar refractivity (Wildman–Crippen MR) is 112 cm³/mol. The molecule has 1 aromatic rings. The molecule has 1 saturated heterocycles. The number of hydrogen-bond donors (Lipinski definition) is 1. The Labute approximate surface area is 174 Å². The Morgan fingerprint density at radius 3 is 2.21 bits per heavy atom. The van der Waals surface area contributed by atoms with Gasteiger partial charge in [0, 0.05) is 18.6 Å². The zero-order valence-corrected chi connectivity index (χ0v) is 17.6. The van der Waals surface area contributed by atoms with Crippen LogP contribution in [0.15, 0.2) is 24.3 Å². The molecule has 1 heterocycles. The Kier molecular flexibility index (Phi) is 5.19. The maximum Gasteiger partial charge on any atom is 0.234 e. The van der Waals surface area contributed by atoms with E-state index < -0.39 is 0 Å². The summed E-state index contributed by atoms with van der Waals surface area (Å²) in [6.07, 6.45) is 9.98. The van der Waals surface area contributed by atoms with Gasteiger partial charge in [-0.05, 0) is 81.3 Å². The van der Waals surface area contributed by atoms with Crippen LogP contribution in [-0.2, 0) is 4.79 Å². The number of methoxy groups -OCH3 is 1. The standard InChI is InChI=1S/C24H34N2O3/c1-28-21-4-2-3-5-22(21)29-20-6-8-26(9-7-20)16-23(27)25-24-13-17-10-18(14-24)12-19(11-17)15-24/h2-5,17-20H,6-16H2,1H3,(H,25,27). The summed E-state index contributed by atoms with van der Waals surface area (Å²) in [5.41, 5.74) is 0.122. The number of nitrogens with one attached hydrogen (secondary N) is 1. The van der Waals surface area contributed by atoms with Crippen LogP contribution in [0.1, 0.15) is 51.4 Å². The number of nitrogens with zero attached hydrogens (tertiary/aromatic N) is 1. The fraction of sp³-hybridized carbons (Fsp3) is 0.708. The van der Waals surface area contributed by atoms with Gasteiger partial charge in [0.05, 0.1) is 13.7 Å². The van der Waals surface area contributed by atoms with E-state index in [1.54, 1.807) is 7.11 Å². The van der Waals surface area contributed by atoms with Crippen LogP contribution < -0.4 is 14.8 Å². The summed E-state index contributed by atoms with van der Waals surface area (Å²) in [5.74, 6) is 4.42. The molecule has 1 amide bonds. The van der Waals surface area contributed by atoms with Crippen molar-refractivity contribution in [3.8, 4) is 11.5 Å². The maximum absolute atomic E-state index is 12.9. The highest BCUT2D eigenvalue weighted by molar-refractivity contribution is 5.79. The number of carbonyl (C=O) groups excluding carboxylic acids is 1. The van der Waals surface area contributed by atoms with E-state index in [4.69, 9.17) is 9.47 Å². The topological polar surface area (TPSA) is 50.8 Å². The third kappa shape index (κ3) is 4.11. The number of likely N-dealkylation sites (tertiary alicyclic amines) is 1. The lowest BCUT2D eigenvalue weighted by atomic mass is 9.53. The van der Waals surface area contributed by atoms with E-state index in [2.05, 4.69) is 10.2 Å². The average molecular weight is 399 g/mol. The van der Waals surface area contributed by atoms with E-state index in [1.807, 2.05) is 24.3 Å². The minimum atomic E-state index is 0.122. The molecule has 0 radical (unpaired) electrons. The van der Waals surface area contributed by atoms with Gasteiger partial charge in [0.1, 0.15) is 6.10 Å². The van der Waals surface area contributed by atoms with Gasteiger partial charge in [-0.1, -0.05) is 12.1 Å². The fourth-order valence-electron chi connectivity index (χ4n) is 6.88. The lowest BCUT2D eigenvalue weighted by Crippen LogP contribution is -2.61. The number of carbonyl (C=O) groups is 1. The quantitative estimate of drug-likeness (QED) is 0.795. The van der Waals surface area contributed by atoms with Gasteiger partial charge in [0.2, 0.25) is 5.91 Å². The van der Waals surface area contributed by atoms with E-state index in [0.29, 0.717) is 6.54 Å². The summed E-state index contributed by atoms with van der Waals surface area (Å²) < 4.78 is 11.6. The second-order valence-electron chi connectivity index (χ2n) is 9.99. The van der Waals surface area contributed by atoms with Gasteiger partial charge >= 0.3 is 0 Å². The van der Waals surface area contributed by atoms with Crippen molar-refractivity contribution in [1.29, 1.82) is 0 Å². The van der Waals surface area contributed by atoms with Crippen molar-refractivity contribution in [1.82, 2.24) is 10.2 Å². The first-order valence-corrected chi connectivity index (χ1v) is 11.4. The molecule has 6 rings (SSSR count). The molecule has 5 heteroatoms. The summed E-state index contributed by atoms with van der Waals surface area (Å²) in [6.45, 7) is 2.35. The molecule has 4 aliphatic carbocycles. The smallest absolute Gasteiger partial charge is 0.234 e. The normalized spacial score (nSPS) is 34.2. The second-order valence-corrected chi connectivity index (χ2v) is 9.99. The lowest BCUT2D eigenvalue weighted by Gasteiger charge is -2.57. The number of rotatable bonds is 6. The van der Waals surface area contributed by atoms with Crippen LogP contribution in [0.25, 0.3) is 0 Å². The third-order valence-corrected chi connectivity index (χ3v) is 7.71. The second kappa shape index (κ2) is 7.82. The first-order valence-electron chi connectivity index (χ1n) is 11.4. The largest absolute Gasteiger partial charge is 0.493 e. The van der Waals surface area contributed by atoms with Crippen LogP contribution in [0.5, 0.6) is 11.5 Å². The van der Waals surface area contributed by atoms with Gasteiger partial charge < -0.3 is 14.8 Å². The van der Waals surface area contributed by atoms with Gasteiger partial charge in [-0.3, -0.25) is 9.69 Å². The van der Waals surface area contributed by atoms with E-state index in [1.165, 1.54) is 38.5 Å². The van der Waals surface area contributed by atoms with Gasteiger partial charge in [-0.25, -0.2) is 0 Å². The molecule has 0 aromatic heterocycles. The molecule has 0 spiro atoms. The van der Waals surface area contributed by atoms with Crippen molar-refractivity contribution in [2.24, 2.45) is 17.8 Å². The number of amides is 1.